The largest absolute Gasteiger partial charge is 0.394 e. The van der Waals surface area contributed by atoms with E-state index in [1.165, 1.54) is 23.2 Å². The highest BCUT2D eigenvalue weighted by Gasteiger charge is 2.29. The Bertz CT molecular complexity index is 1270. The minimum atomic E-state index is -0.775. The van der Waals surface area contributed by atoms with Crippen molar-refractivity contribution in [1.29, 1.82) is 0 Å². The topological polar surface area (TPSA) is 94.1 Å². The van der Waals surface area contributed by atoms with E-state index in [-0.39, 0.29) is 29.3 Å². The Morgan fingerprint density at radius 3 is 2.73 bits per heavy atom. The summed E-state index contributed by atoms with van der Waals surface area (Å²) in [4.78, 5) is 26.3. The lowest BCUT2D eigenvalue weighted by atomic mass is 10.0. The van der Waals surface area contributed by atoms with Crippen LogP contribution < -0.4 is 10.2 Å². The Morgan fingerprint density at radius 2 is 2.03 bits per heavy atom. The molecule has 0 radical (unpaired) electrons. The molecule has 1 unspecified atom stereocenters. The third-order valence-electron chi connectivity index (χ3n) is 4.85. The average molecular weight is 486 g/mol. The standard InChI is InChI=1S/C23H18Cl2FN5O2/c24-16-3-1-2-14(10-16)20(13-32)31(22(33)15-6-8-27-12-15)21-7-9-28-23(30-21)29-19-5-4-17(26)11-18(19)25/h1-12,20,27,32H,13H2,(H,28,29,30). The minimum Gasteiger partial charge on any atom is -0.394 e. The predicted molar refractivity (Wildman–Crippen MR) is 126 cm³/mol. The summed E-state index contributed by atoms with van der Waals surface area (Å²) in [7, 11) is 0. The first kappa shape index (κ1) is 22.7. The van der Waals surface area contributed by atoms with Gasteiger partial charge < -0.3 is 15.4 Å². The fourth-order valence-corrected chi connectivity index (χ4v) is 3.72. The number of nitrogens with zero attached hydrogens (tertiary/aromatic N) is 3. The van der Waals surface area contributed by atoms with Gasteiger partial charge in [-0.3, -0.25) is 9.69 Å². The summed E-state index contributed by atoms with van der Waals surface area (Å²) in [5.41, 5.74) is 1.40. The smallest absolute Gasteiger partial charge is 0.261 e. The molecule has 0 aliphatic heterocycles. The van der Waals surface area contributed by atoms with Crippen LogP contribution in [0.3, 0.4) is 0 Å². The van der Waals surface area contributed by atoms with E-state index >= 15 is 0 Å². The van der Waals surface area contributed by atoms with Gasteiger partial charge >= 0.3 is 0 Å². The lowest BCUT2D eigenvalue weighted by Gasteiger charge is -2.30. The monoisotopic (exact) mass is 485 g/mol. The van der Waals surface area contributed by atoms with Crippen molar-refractivity contribution >= 4 is 46.6 Å². The second-order valence-electron chi connectivity index (χ2n) is 7.02. The molecule has 2 aromatic heterocycles. The van der Waals surface area contributed by atoms with Crippen LogP contribution in [0.5, 0.6) is 0 Å². The molecular formula is C23H18Cl2FN5O2. The number of amides is 1. The number of anilines is 3. The fourth-order valence-electron chi connectivity index (χ4n) is 3.31. The molecule has 0 aliphatic carbocycles. The number of benzene rings is 2. The second-order valence-corrected chi connectivity index (χ2v) is 7.86. The number of carbonyl (C=O) groups excluding carboxylic acids is 1. The number of aliphatic hydroxyl groups excluding tert-OH is 1. The molecule has 33 heavy (non-hydrogen) atoms. The first-order valence-electron chi connectivity index (χ1n) is 9.84. The van der Waals surface area contributed by atoms with Crippen LogP contribution in [0.15, 0.2) is 73.2 Å². The highest BCUT2D eigenvalue weighted by molar-refractivity contribution is 6.33. The van der Waals surface area contributed by atoms with Crippen molar-refractivity contribution in [1.82, 2.24) is 15.0 Å². The van der Waals surface area contributed by atoms with E-state index in [1.807, 2.05) is 0 Å². The Balaban J connectivity index is 1.75. The first-order chi connectivity index (χ1) is 16.0. The van der Waals surface area contributed by atoms with Crippen molar-refractivity contribution in [2.45, 2.75) is 6.04 Å². The lowest BCUT2D eigenvalue weighted by Crippen LogP contribution is -2.37. The van der Waals surface area contributed by atoms with Crippen LogP contribution in [0.4, 0.5) is 21.8 Å². The Hall–Kier alpha value is -3.46. The highest BCUT2D eigenvalue weighted by atomic mass is 35.5. The summed E-state index contributed by atoms with van der Waals surface area (Å²) in [5.74, 6) is -0.498. The number of nitrogens with one attached hydrogen (secondary N) is 2. The number of aromatic nitrogens is 3. The maximum Gasteiger partial charge on any atom is 0.261 e. The molecular weight excluding hydrogens is 468 g/mol. The van der Waals surface area contributed by atoms with Crippen molar-refractivity contribution in [2.75, 3.05) is 16.8 Å². The number of H-pyrrole nitrogens is 1. The SMILES string of the molecule is O=C(c1cc[nH]c1)N(c1ccnc(Nc2ccc(F)cc2Cl)n1)C(CO)c1cccc(Cl)c1. The lowest BCUT2D eigenvalue weighted by molar-refractivity contribution is 0.0962. The predicted octanol–water partition coefficient (Wildman–Crippen LogP) is 5.37. The van der Waals surface area contributed by atoms with Gasteiger partial charge in [-0.25, -0.2) is 9.37 Å². The van der Waals surface area contributed by atoms with Crippen LogP contribution in [0, 0.1) is 5.82 Å². The number of aliphatic hydroxyl groups is 1. The molecule has 2 heterocycles. The van der Waals surface area contributed by atoms with Crippen LogP contribution in [0.2, 0.25) is 10.0 Å². The maximum absolute atomic E-state index is 13.4. The fraction of sp³-hybridized carbons (Fsp3) is 0.0870. The molecule has 0 saturated heterocycles. The van der Waals surface area contributed by atoms with Gasteiger partial charge in [0.15, 0.2) is 0 Å². The van der Waals surface area contributed by atoms with E-state index in [0.29, 0.717) is 21.8 Å². The quantitative estimate of drug-likeness (QED) is 0.326. The van der Waals surface area contributed by atoms with Gasteiger partial charge in [0, 0.05) is 23.6 Å². The van der Waals surface area contributed by atoms with Crippen LogP contribution in [0.1, 0.15) is 22.0 Å². The highest BCUT2D eigenvalue weighted by Crippen LogP contribution is 2.31. The molecule has 1 amide bonds. The number of hydrogen-bond donors (Lipinski definition) is 3. The van der Waals surface area contributed by atoms with E-state index in [2.05, 4.69) is 20.3 Å². The van der Waals surface area contributed by atoms with Crippen molar-refractivity contribution in [3.63, 3.8) is 0 Å². The summed E-state index contributed by atoms with van der Waals surface area (Å²) < 4.78 is 13.4. The van der Waals surface area contributed by atoms with Crippen LogP contribution in [0.25, 0.3) is 0 Å². The molecule has 4 rings (SSSR count). The summed E-state index contributed by atoms with van der Waals surface area (Å²) in [6.45, 7) is -0.382. The average Bonchev–Trinajstić information content (AvgIpc) is 3.34. The van der Waals surface area contributed by atoms with Crippen LogP contribution >= 0.6 is 23.2 Å². The number of carbonyl (C=O) groups is 1. The Kier molecular flexibility index (Phi) is 6.88. The molecule has 0 fully saturated rings. The van der Waals surface area contributed by atoms with Crippen LogP contribution in [-0.2, 0) is 0 Å². The van der Waals surface area contributed by atoms with Gasteiger partial charge in [-0.15, -0.1) is 0 Å². The molecule has 3 N–H and O–H groups in total. The zero-order valence-electron chi connectivity index (χ0n) is 17.0. The van der Waals surface area contributed by atoms with Gasteiger partial charge in [0.25, 0.3) is 5.91 Å². The summed E-state index contributed by atoms with van der Waals surface area (Å²) in [6, 6.07) is 13.2. The van der Waals surface area contributed by atoms with Crippen molar-refractivity contribution in [3.8, 4) is 0 Å². The summed E-state index contributed by atoms with van der Waals surface area (Å²) in [6.07, 6.45) is 4.65. The van der Waals surface area contributed by atoms with Crippen LogP contribution in [-0.4, -0.2) is 32.6 Å². The summed E-state index contributed by atoms with van der Waals surface area (Å²) in [5, 5.41) is 13.8. The van der Waals surface area contributed by atoms with E-state index in [9.17, 15) is 14.3 Å². The van der Waals surface area contributed by atoms with E-state index in [1.54, 1.807) is 48.8 Å². The molecule has 1 atom stereocenters. The first-order valence-corrected chi connectivity index (χ1v) is 10.6. The molecule has 10 heteroatoms. The van der Waals surface area contributed by atoms with Gasteiger partial charge in [-0.1, -0.05) is 35.3 Å². The zero-order valence-corrected chi connectivity index (χ0v) is 18.6. The Labute approximate surface area is 198 Å². The van der Waals surface area contributed by atoms with Gasteiger partial charge in [0.05, 0.1) is 28.9 Å². The molecule has 7 nitrogen and oxygen atoms in total. The molecule has 4 aromatic rings. The summed E-state index contributed by atoms with van der Waals surface area (Å²) >= 11 is 12.2. The molecule has 0 spiro atoms. The second kappa shape index (κ2) is 9.99. The van der Waals surface area contributed by atoms with Gasteiger partial charge in [0.2, 0.25) is 5.95 Å². The van der Waals surface area contributed by atoms with Crippen molar-refractivity contribution in [2.24, 2.45) is 0 Å². The van der Waals surface area contributed by atoms with E-state index in [0.717, 1.165) is 6.07 Å². The molecule has 2 aromatic carbocycles. The van der Waals surface area contributed by atoms with Gasteiger partial charge in [0.1, 0.15) is 11.6 Å². The van der Waals surface area contributed by atoms with Gasteiger partial charge in [-0.05, 0) is 48.0 Å². The number of rotatable bonds is 7. The zero-order chi connectivity index (χ0) is 23.4. The molecule has 0 saturated carbocycles. The normalized spacial score (nSPS) is 11.8. The van der Waals surface area contributed by atoms with E-state index < -0.39 is 11.9 Å². The van der Waals surface area contributed by atoms with E-state index in [4.69, 9.17) is 23.2 Å². The third-order valence-corrected chi connectivity index (χ3v) is 5.39. The third kappa shape index (κ3) is 5.14. The minimum absolute atomic E-state index is 0.135. The number of hydrogen-bond acceptors (Lipinski definition) is 5. The Morgan fingerprint density at radius 1 is 1.18 bits per heavy atom. The van der Waals surface area contributed by atoms with Crippen molar-refractivity contribution < 1.29 is 14.3 Å². The maximum atomic E-state index is 13.4. The molecule has 0 aliphatic rings. The number of halogens is 3. The number of aromatic amines is 1. The van der Waals surface area contributed by atoms with Crippen molar-refractivity contribution in [3.05, 3.63) is 100 Å². The van der Waals surface area contributed by atoms with Gasteiger partial charge in [-0.2, -0.15) is 4.98 Å². The molecule has 168 valence electrons. The molecule has 0 bridgehead atoms.